The van der Waals surface area contributed by atoms with Gasteiger partial charge in [0.1, 0.15) is 12.6 Å². The molecule has 1 atom stereocenters. The zero-order valence-electron chi connectivity index (χ0n) is 24.7. The Labute approximate surface area is 283 Å². The molecule has 0 radical (unpaired) electrons. The number of benzene rings is 4. The zero-order chi connectivity index (χ0) is 32.4. The average molecular weight is 732 g/mol. The number of anilines is 1. The van der Waals surface area contributed by atoms with Gasteiger partial charge in [-0.3, -0.25) is 13.9 Å². The monoisotopic (exact) mass is 729 g/mol. The molecule has 0 aliphatic heterocycles. The van der Waals surface area contributed by atoms with Crippen molar-refractivity contribution in [2.75, 3.05) is 17.4 Å². The van der Waals surface area contributed by atoms with Crippen LogP contribution in [-0.2, 0) is 32.6 Å². The molecule has 4 aromatic carbocycles. The fourth-order valence-corrected chi connectivity index (χ4v) is 6.92. The summed E-state index contributed by atoms with van der Waals surface area (Å²) in [5.41, 5.74) is 1.71. The van der Waals surface area contributed by atoms with E-state index in [0.29, 0.717) is 27.8 Å². The molecule has 45 heavy (non-hydrogen) atoms. The van der Waals surface area contributed by atoms with E-state index in [-0.39, 0.29) is 23.8 Å². The largest absolute Gasteiger partial charge is 0.354 e. The van der Waals surface area contributed by atoms with Crippen LogP contribution in [0.1, 0.15) is 30.9 Å². The summed E-state index contributed by atoms with van der Waals surface area (Å²) in [4.78, 5) is 29.7. The van der Waals surface area contributed by atoms with Gasteiger partial charge < -0.3 is 10.2 Å². The van der Waals surface area contributed by atoms with E-state index in [0.717, 1.165) is 27.2 Å². The quantitative estimate of drug-likeness (QED) is 0.136. The molecule has 0 unspecified atom stereocenters. The summed E-state index contributed by atoms with van der Waals surface area (Å²) in [6.45, 7) is 1.86. The smallest absolute Gasteiger partial charge is 0.264 e. The van der Waals surface area contributed by atoms with E-state index in [1.165, 1.54) is 17.0 Å². The van der Waals surface area contributed by atoms with E-state index in [2.05, 4.69) is 21.2 Å². The summed E-state index contributed by atoms with van der Waals surface area (Å²) in [5.74, 6) is -0.915. The summed E-state index contributed by atoms with van der Waals surface area (Å²) >= 11 is 16.1. The molecule has 0 heterocycles. The lowest BCUT2D eigenvalue weighted by molar-refractivity contribution is -0.140. The maximum Gasteiger partial charge on any atom is 0.264 e. The summed E-state index contributed by atoms with van der Waals surface area (Å²) in [5, 5.41) is 3.72. The number of hydrogen-bond acceptors (Lipinski definition) is 4. The van der Waals surface area contributed by atoms with Crippen LogP contribution in [0.4, 0.5) is 5.69 Å². The van der Waals surface area contributed by atoms with Crippen molar-refractivity contribution in [2.45, 2.75) is 43.7 Å². The van der Waals surface area contributed by atoms with Gasteiger partial charge in [-0.2, -0.15) is 0 Å². The molecule has 11 heteroatoms. The second-order valence-electron chi connectivity index (χ2n) is 10.4. The number of sulfonamides is 1. The van der Waals surface area contributed by atoms with Crippen LogP contribution in [0.25, 0.3) is 0 Å². The van der Waals surface area contributed by atoms with Crippen LogP contribution >= 0.6 is 39.1 Å². The third kappa shape index (κ3) is 9.33. The van der Waals surface area contributed by atoms with Gasteiger partial charge in [0.2, 0.25) is 11.8 Å². The van der Waals surface area contributed by atoms with Gasteiger partial charge >= 0.3 is 0 Å². The average Bonchev–Trinajstić information content (AvgIpc) is 3.03. The van der Waals surface area contributed by atoms with Crippen molar-refractivity contribution < 1.29 is 18.0 Å². The van der Waals surface area contributed by atoms with E-state index in [4.69, 9.17) is 23.2 Å². The summed E-state index contributed by atoms with van der Waals surface area (Å²) in [6, 6.07) is 27.9. The first-order chi connectivity index (χ1) is 21.6. The molecule has 7 nitrogen and oxygen atoms in total. The number of nitrogens with one attached hydrogen (secondary N) is 1. The second-order valence-corrected chi connectivity index (χ2v) is 14.0. The van der Waals surface area contributed by atoms with E-state index < -0.39 is 28.5 Å². The SMILES string of the molecule is CCCCNC(=O)[C@@H](Cc1ccccc1)N(Cc1ccc(Cl)cc1Cl)C(=O)CN(c1ccc(Br)cc1)S(=O)(=O)c1ccccc1. The molecule has 0 spiro atoms. The van der Waals surface area contributed by atoms with Crippen LogP contribution in [0.15, 0.2) is 112 Å². The lowest BCUT2D eigenvalue weighted by atomic mass is 10.0. The van der Waals surface area contributed by atoms with E-state index in [1.807, 2.05) is 37.3 Å². The highest BCUT2D eigenvalue weighted by atomic mass is 79.9. The molecule has 0 fully saturated rings. The Morgan fingerprint density at radius 3 is 2.16 bits per heavy atom. The molecule has 0 aromatic heterocycles. The van der Waals surface area contributed by atoms with Gasteiger partial charge in [0.25, 0.3) is 10.0 Å². The highest BCUT2D eigenvalue weighted by Crippen LogP contribution is 2.28. The fraction of sp³-hybridized carbons (Fsp3) is 0.235. The van der Waals surface area contributed by atoms with Crippen molar-refractivity contribution in [1.82, 2.24) is 10.2 Å². The minimum atomic E-state index is -4.18. The third-order valence-corrected chi connectivity index (χ3v) is 10.1. The molecule has 0 saturated carbocycles. The molecule has 4 rings (SSSR count). The van der Waals surface area contributed by atoms with Gasteiger partial charge in [-0.25, -0.2) is 8.42 Å². The molecular weight excluding hydrogens is 697 g/mol. The molecule has 0 saturated heterocycles. The first kappa shape index (κ1) is 34.5. The lowest BCUT2D eigenvalue weighted by Crippen LogP contribution is -2.53. The van der Waals surface area contributed by atoms with Crippen LogP contribution < -0.4 is 9.62 Å². The van der Waals surface area contributed by atoms with Gasteiger partial charge in [0.05, 0.1) is 10.6 Å². The fourth-order valence-electron chi connectivity index (χ4n) is 4.75. The molecule has 1 N–H and O–H groups in total. The Bertz CT molecular complexity index is 1690. The van der Waals surface area contributed by atoms with Crippen molar-refractivity contribution in [3.05, 3.63) is 129 Å². The Morgan fingerprint density at radius 2 is 1.53 bits per heavy atom. The van der Waals surface area contributed by atoms with Gasteiger partial charge in [-0.15, -0.1) is 0 Å². The van der Waals surface area contributed by atoms with E-state index in [9.17, 15) is 18.0 Å². The van der Waals surface area contributed by atoms with Crippen LogP contribution in [0.3, 0.4) is 0 Å². The normalized spacial score (nSPS) is 11.9. The predicted molar refractivity (Wildman–Crippen MR) is 184 cm³/mol. The molecule has 4 aromatic rings. The van der Waals surface area contributed by atoms with E-state index >= 15 is 0 Å². The highest BCUT2D eigenvalue weighted by Gasteiger charge is 2.34. The van der Waals surface area contributed by atoms with Crippen molar-refractivity contribution in [3.8, 4) is 0 Å². The van der Waals surface area contributed by atoms with Crippen LogP contribution in [0.5, 0.6) is 0 Å². The van der Waals surface area contributed by atoms with Crippen molar-refractivity contribution in [3.63, 3.8) is 0 Å². The predicted octanol–water partition coefficient (Wildman–Crippen LogP) is 7.51. The topological polar surface area (TPSA) is 86.8 Å². The number of nitrogens with zero attached hydrogens (tertiary/aromatic N) is 2. The summed E-state index contributed by atoms with van der Waals surface area (Å²) < 4.78 is 29.9. The van der Waals surface area contributed by atoms with Gasteiger partial charge in [0.15, 0.2) is 0 Å². The van der Waals surface area contributed by atoms with Crippen LogP contribution in [-0.4, -0.2) is 44.3 Å². The number of rotatable bonds is 14. The van der Waals surface area contributed by atoms with Crippen molar-refractivity contribution in [1.29, 1.82) is 0 Å². The number of hydrogen-bond donors (Lipinski definition) is 1. The molecule has 0 aliphatic rings. The zero-order valence-corrected chi connectivity index (χ0v) is 28.6. The van der Waals surface area contributed by atoms with E-state index in [1.54, 1.807) is 60.7 Å². The molecule has 0 bridgehead atoms. The maximum absolute atomic E-state index is 14.5. The summed E-state index contributed by atoms with van der Waals surface area (Å²) in [6.07, 6.45) is 1.86. The molecule has 2 amide bonds. The lowest BCUT2D eigenvalue weighted by Gasteiger charge is -2.34. The third-order valence-electron chi connectivity index (χ3n) is 7.18. The van der Waals surface area contributed by atoms with Crippen LogP contribution in [0.2, 0.25) is 10.0 Å². The number of unbranched alkanes of at least 4 members (excludes halogenated alkanes) is 1. The number of carbonyl (C=O) groups excluding carboxylic acids is 2. The first-order valence-electron chi connectivity index (χ1n) is 14.5. The van der Waals surface area contributed by atoms with Crippen LogP contribution in [0, 0.1) is 0 Å². The standard InChI is InChI=1S/C34H34BrCl2N3O4S/c1-2-3-20-38-34(42)32(21-25-10-6-4-7-11-25)39(23-26-14-17-28(36)22-31(26)37)33(41)24-40(29-18-15-27(35)16-19-29)45(43,44)30-12-8-5-9-13-30/h4-19,22,32H,2-3,20-21,23-24H2,1H3,(H,38,42)/t32-/m1/s1. The Morgan fingerprint density at radius 1 is 0.889 bits per heavy atom. The molecule has 236 valence electrons. The summed E-state index contributed by atoms with van der Waals surface area (Å²) in [7, 11) is -4.18. The van der Waals surface area contributed by atoms with Gasteiger partial charge in [-0.1, -0.05) is 107 Å². The van der Waals surface area contributed by atoms with Gasteiger partial charge in [-0.05, 0) is 66.1 Å². The Balaban J connectivity index is 1.80. The number of carbonyl (C=O) groups is 2. The number of halogens is 3. The Hall–Kier alpha value is -3.37. The van der Waals surface area contributed by atoms with Gasteiger partial charge in [0, 0.05) is 34.0 Å². The minimum Gasteiger partial charge on any atom is -0.354 e. The maximum atomic E-state index is 14.5. The Kier molecular flexibility index (Phi) is 12.5. The van der Waals surface area contributed by atoms with Crippen molar-refractivity contribution in [2.24, 2.45) is 0 Å². The second kappa shape index (κ2) is 16.3. The van der Waals surface area contributed by atoms with Crippen molar-refractivity contribution >= 4 is 66.7 Å². The molecule has 0 aliphatic carbocycles. The first-order valence-corrected chi connectivity index (χ1v) is 17.5. The number of amides is 2. The minimum absolute atomic E-state index is 0.0335. The highest BCUT2D eigenvalue weighted by molar-refractivity contribution is 9.10. The molecular formula is C34H34BrCl2N3O4S.